The minimum absolute atomic E-state index is 0.0530. The fraction of sp³-hybridized carbons (Fsp3) is 0.263. The Morgan fingerprint density at radius 3 is 2.30 bits per heavy atom. The predicted molar refractivity (Wildman–Crippen MR) is 102 cm³/mol. The molecule has 140 valence electrons. The van der Waals surface area contributed by atoms with Crippen molar-refractivity contribution in [3.8, 4) is 0 Å². The molecule has 2 aromatic rings. The fourth-order valence-corrected chi connectivity index (χ4v) is 2.97. The van der Waals surface area contributed by atoms with Crippen LogP contribution in [0.25, 0.3) is 0 Å². The lowest BCUT2D eigenvalue weighted by atomic mass is 10.1. The van der Waals surface area contributed by atoms with Crippen LogP contribution in [-0.2, 0) is 0 Å². The standard InChI is InChI=1S/C19H20N4O4/c1-14(24)15-3-2-4-16(13-15)20-19(25)22-11-9-21(10-12-22)17-5-7-18(8-6-17)23(26)27/h2-8,13H,9-12H2,1H3,(H,20,25). The molecule has 1 heterocycles. The van der Waals surface area contributed by atoms with Crippen LogP contribution in [-0.4, -0.2) is 47.8 Å². The van der Waals surface area contributed by atoms with Crippen molar-refractivity contribution in [1.82, 2.24) is 4.90 Å². The van der Waals surface area contributed by atoms with E-state index in [1.54, 1.807) is 41.3 Å². The van der Waals surface area contributed by atoms with Crippen LogP contribution in [0.1, 0.15) is 17.3 Å². The van der Waals surface area contributed by atoms with E-state index in [2.05, 4.69) is 10.2 Å². The molecule has 1 N–H and O–H groups in total. The number of nitro benzene ring substituents is 1. The Balaban J connectivity index is 1.57. The second kappa shape index (κ2) is 7.86. The van der Waals surface area contributed by atoms with Crippen molar-refractivity contribution in [2.75, 3.05) is 36.4 Å². The van der Waals surface area contributed by atoms with Gasteiger partial charge in [0, 0.05) is 55.2 Å². The van der Waals surface area contributed by atoms with Gasteiger partial charge in [-0.2, -0.15) is 0 Å². The first-order chi connectivity index (χ1) is 12.9. The van der Waals surface area contributed by atoms with E-state index < -0.39 is 4.92 Å². The van der Waals surface area contributed by atoms with Gasteiger partial charge in [0.05, 0.1) is 4.92 Å². The molecule has 2 amide bonds. The highest BCUT2D eigenvalue weighted by Crippen LogP contribution is 2.21. The summed E-state index contributed by atoms with van der Waals surface area (Å²) in [5.41, 5.74) is 2.10. The van der Waals surface area contributed by atoms with Gasteiger partial charge in [-0.15, -0.1) is 0 Å². The largest absolute Gasteiger partial charge is 0.368 e. The Kier molecular flexibility index (Phi) is 5.35. The van der Waals surface area contributed by atoms with Crippen molar-refractivity contribution in [1.29, 1.82) is 0 Å². The molecule has 0 unspecified atom stereocenters. The van der Waals surface area contributed by atoms with E-state index in [9.17, 15) is 19.7 Å². The summed E-state index contributed by atoms with van der Waals surface area (Å²) < 4.78 is 0. The smallest absolute Gasteiger partial charge is 0.321 e. The third-order valence-corrected chi connectivity index (χ3v) is 4.51. The van der Waals surface area contributed by atoms with Crippen LogP contribution in [0.3, 0.4) is 0 Å². The highest BCUT2D eigenvalue weighted by atomic mass is 16.6. The van der Waals surface area contributed by atoms with Gasteiger partial charge in [-0.25, -0.2) is 4.79 Å². The molecular formula is C19H20N4O4. The number of Topliss-reactive ketones (excluding diaryl/α,β-unsaturated/α-hetero) is 1. The highest BCUT2D eigenvalue weighted by Gasteiger charge is 2.22. The molecule has 27 heavy (non-hydrogen) atoms. The lowest BCUT2D eigenvalue weighted by Crippen LogP contribution is -2.50. The molecule has 0 aliphatic carbocycles. The molecule has 8 nitrogen and oxygen atoms in total. The second-order valence-electron chi connectivity index (χ2n) is 6.31. The molecule has 0 saturated carbocycles. The maximum atomic E-state index is 12.4. The highest BCUT2D eigenvalue weighted by molar-refractivity contribution is 5.96. The summed E-state index contributed by atoms with van der Waals surface area (Å²) in [4.78, 5) is 38.0. The Hall–Kier alpha value is -3.42. The van der Waals surface area contributed by atoms with E-state index in [4.69, 9.17) is 0 Å². The summed E-state index contributed by atoms with van der Waals surface area (Å²) in [6.45, 7) is 3.83. The van der Waals surface area contributed by atoms with Gasteiger partial charge in [0.1, 0.15) is 0 Å². The fourth-order valence-electron chi connectivity index (χ4n) is 2.97. The number of benzene rings is 2. The number of urea groups is 1. The monoisotopic (exact) mass is 368 g/mol. The Morgan fingerprint density at radius 1 is 1.04 bits per heavy atom. The number of amides is 2. The first kappa shape index (κ1) is 18.4. The average Bonchev–Trinajstić information content (AvgIpc) is 2.68. The summed E-state index contributed by atoms with van der Waals surface area (Å²) in [5.74, 6) is -0.0530. The quantitative estimate of drug-likeness (QED) is 0.508. The number of nitrogens with one attached hydrogen (secondary N) is 1. The van der Waals surface area contributed by atoms with Crippen LogP contribution in [0.4, 0.5) is 21.9 Å². The maximum absolute atomic E-state index is 12.4. The molecule has 1 aliphatic heterocycles. The first-order valence-corrected chi connectivity index (χ1v) is 8.60. The number of carbonyl (C=O) groups is 2. The van der Waals surface area contributed by atoms with Crippen LogP contribution < -0.4 is 10.2 Å². The number of non-ortho nitro benzene ring substituents is 1. The molecule has 1 aliphatic rings. The molecule has 3 rings (SSSR count). The number of hydrogen-bond acceptors (Lipinski definition) is 5. The van der Waals surface area contributed by atoms with Crippen molar-refractivity contribution < 1.29 is 14.5 Å². The van der Waals surface area contributed by atoms with E-state index in [1.165, 1.54) is 19.1 Å². The zero-order valence-corrected chi connectivity index (χ0v) is 14.9. The molecule has 0 radical (unpaired) electrons. The van der Waals surface area contributed by atoms with Crippen molar-refractivity contribution in [3.05, 3.63) is 64.2 Å². The minimum atomic E-state index is -0.423. The van der Waals surface area contributed by atoms with E-state index in [0.717, 1.165) is 5.69 Å². The van der Waals surface area contributed by atoms with Gasteiger partial charge in [-0.1, -0.05) is 12.1 Å². The van der Waals surface area contributed by atoms with Gasteiger partial charge in [0.25, 0.3) is 5.69 Å². The van der Waals surface area contributed by atoms with Gasteiger partial charge in [0.2, 0.25) is 0 Å². The molecule has 0 atom stereocenters. The van der Waals surface area contributed by atoms with Crippen LogP contribution in [0.2, 0.25) is 0 Å². The lowest BCUT2D eigenvalue weighted by Gasteiger charge is -2.36. The van der Waals surface area contributed by atoms with E-state index in [0.29, 0.717) is 37.4 Å². The van der Waals surface area contributed by atoms with Crippen molar-refractivity contribution in [3.63, 3.8) is 0 Å². The molecule has 8 heteroatoms. The van der Waals surface area contributed by atoms with Crippen LogP contribution in [0.15, 0.2) is 48.5 Å². The Labute approximate surface area is 156 Å². The number of nitro groups is 1. The lowest BCUT2D eigenvalue weighted by molar-refractivity contribution is -0.384. The van der Waals surface area contributed by atoms with Gasteiger partial charge in [0.15, 0.2) is 5.78 Å². The molecule has 0 spiro atoms. The van der Waals surface area contributed by atoms with Gasteiger partial charge in [-0.3, -0.25) is 14.9 Å². The van der Waals surface area contributed by atoms with Crippen LogP contribution in [0, 0.1) is 10.1 Å². The van der Waals surface area contributed by atoms with Crippen LogP contribution >= 0.6 is 0 Å². The molecule has 1 saturated heterocycles. The number of piperazine rings is 1. The van der Waals surface area contributed by atoms with Gasteiger partial charge in [-0.05, 0) is 31.2 Å². The number of hydrogen-bond donors (Lipinski definition) is 1. The molecule has 0 aromatic heterocycles. The summed E-state index contributed by atoms with van der Waals surface area (Å²) in [7, 11) is 0. The zero-order chi connectivity index (χ0) is 19.4. The maximum Gasteiger partial charge on any atom is 0.321 e. The molecule has 2 aromatic carbocycles. The number of rotatable bonds is 4. The SMILES string of the molecule is CC(=O)c1cccc(NC(=O)N2CCN(c3ccc([N+](=O)[O-])cc3)CC2)c1. The molecular weight excluding hydrogens is 348 g/mol. The van der Waals surface area contributed by atoms with E-state index in [1.807, 2.05) is 0 Å². The average molecular weight is 368 g/mol. The topological polar surface area (TPSA) is 95.8 Å². The normalized spacial score (nSPS) is 14.0. The van der Waals surface area contributed by atoms with Gasteiger partial charge < -0.3 is 15.1 Å². The Bertz CT molecular complexity index is 858. The third-order valence-electron chi connectivity index (χ3n) is 4.51. The number of nitrogens with zero attached hydrogens (tertiary/aromatic N) is 3. The summed E-state index contributed by atoms with van der Waals surface area (Å²) in [6, 6.07) is 13.1. The number of ketones is 1. The van der Waals surface area contributed by atoms with Crippen molar-refractivity contribution in [2.45, 2.75) is 6.92 Å². The predicted octanol–water partition coefficient (Wildman–Crippen LogP) is 3.15. The summed E-state index contributed by atoms with van der Waals surface area (Å²) in [6.07, 6.45) is 0. The Morgan fingerprint density at radius 2 is 1.70 bits per heavy atom. The second-order valence-corrected chi connectivity index (χ2v) is 6.31. The van der Waals surface area contributed by atoms with E-state index >= 15 is 0 Å². The molecule has 0 bridgehead atoms. The summed E-state index contributed by atoms with van der Waals surface area (Å²) in [5, 5.41) is 13.6. The zero-order valence-electron chi connectivity index (χ0n) is 14.9. The number of anilines is 2. The first-order valence-electron chi connectivity index (χ1n) is 8.60. The van der Waals surface area contributed by atoms with Gasteiger partial charge >= 0.3 is 6.03 Å². The number of carbonyl (C=O) groups excluding carboxylic acids is 2. The van der Waals surface area contributed by atoms with Crippen molar-refractivity contribution in [2.24, 2.45) is 0 Å². The molecule has 1 fully saturated rings. The van der Waals surface area contributed by atoms with E-state index in [-0.39, 0.29) is 17.5 Å². The third kappa shape index (κ3) is 4.41. The van der Waals surface area contributed by atoms with Crippen LogP contribution in [0.5, 0.6) is 0 Å². The van der Waals surface area contributed by atoms with Crippen molar-refractivity contribution >= 4 is 28.9 Å². The summed E-state index contributed by atoms with van der Waals surface area (Å²) >= 11 is 0. The minimum Gasteiger partial charge on any atom is -0.368 e.